The molecule has 0 aliphatic rings. The van der Waals surface area contributed by atoms with Crippen LogP contribution in [0.25, 0.3) is 0 Å². The molecule has 0 fully saturated rings. The van der Waals surface area contributed by atoms with Gasteiger partial charge in [-0.05, 0) is 36.7 Å². The van der Waals surface area contributed by atoms with E-state index in [-0.39, 0.29) is 17.7 Å². The lowest BCUT2D eigenvalue weighted by Crippen LogP contribution is -2.52. The van der Waals surface area contributed by atoms with Gasteiger partial charge in [0.25, 0.3) is 0 Å². The smallest absolute Gasteiger partial charge is 0.326 e. The number of hydrogen-bond acceptors (Lipinski definition) is 3. The normalized spacial score (nSPS) is 13.3. The first-order valence-electron chi connectivity index (χ1n) is 9.55. The van der Waals surface area contributed by atoms with Crippen molar-refractivity contribution in [1.29, 1.82) is 0 Å². The number of nitrogens with one attached hydrogen (secondary N) is 2. The van der Waals surface area contributed by atoms with Crippen LogP contribution in [-0.4, -0.2) is 35.0 Å². The van der Waals surface area contributed by atoms with Gasteiger partial charge in [-0.2, -0.15) is 0 Å². The predicted octanol–water partition coefficient (Wildman–Crippen LogP) is 2.77. The highest BCUT2D eigenvalue weighted by molar-refractivity contribution is 5.90. The average Bonchev–Trinajstić information content (AvgIpc) is 2.57. The van der Waals surface area contributed by atoms with Gasteiger partial charge in [-0.15, -0.1) is 0 Å². The Kier molecular flexibility index (Phi) is 9.54. The molecule has 2 atom stereocenters. The molecule has 0 unspecified atom stereocenters. The van der Waals surface area contributed by atoms with Crippen LogP contribution < -0.4 is 10.6 Å². The highest BCUT2D eigenvalue weighted by Crippen LogP contribution is 2.09. The first kappa shape index (κ1) is 22.7. The number of carbonyl (C=O) groups excluding carboxylic acids is 2. The quantitative estimate of drug-likeness (QED) is 0.553. The number of carbonyl (C=O) groups is 3. The number of carboxylic acids is 1. The van der Waals surface area contributed by atoms with Gasteiger partial charge in [0.2, 0.25) is 11.8 Å². The van der Waals surface area contributed by atoms with Crippen molar-refractivity contribution in [3.8, 4) is 0 Å². The van der Waals surface area contributed by atoms with Gasteiger partial charge in [-0.1, -0.05) is 58.0 Å². The van der Waals surface area contributed by atoms with Crippen LogP contribution in [0.4, 0.5) is 0 Å². The number of hydrogen-bond donors (Lipinski definition) is 3. The lowest BCUT2D eigenvalue weighted by atomic mass is 10.0. The second kappa shape index (κ2) is 11.4. The van der Waals surface area contributed by atoms with Crippen molar-refractivity contribution in [2.24, 2.45) is 11.8 Å². The minimum atomic E-state index is -1.07. The number of amides is 2. The second-order valence-electron chi connectivity index (χ2n) is 7.77. The van der Waals surface area contributed by atoms with E-state index < -0.39 is 24.0 Å². The summed E-state index contributed by atoms with van der Waals surface area (Å²) in [5.41, 5.74) is 1.02. The molecular weight excluding hydrogens is 344 g/mol. The van der Waals surface area contributed by atoms with Crippen LogP contribution in [0.2, 0.25) is 0 Å². The average molecular weight is 376 g/mol. The molecule has 1 aromatic carbocycles. The Morgan fingerprint density at radius 2 is 1.56 bits per heavy atom. The number of carboxylic acid groups (broad SMARTS) is 1. The summed E-state index contributed by atoms with van der Waals surface area (Å²) in [6, 6.07) is 7.82. The van der Waals surface area contributed by atoms with Crippen molar-refractivity contribution in [2.45, 2.75) is 65.5 Å². The summed E-state index contributed by atoms with van der Waals surface area (Å²) < 4.78 is 0. The molecule has 0 saturated heterocycles. The molecule has 0 aromatic heterocycles. The van der Waals surface area contributed by atoms with Crippen molar-refractivity contribution in [1.82, 2.24) is 10.6 Å². The van der Waals surface area contributed by atoms with Crippen molar-refractivity contribution in [3.05, 3.63) is 35.9 Å². The molecule has 0 aliphatic heterocycles. The van der Waals surface area contributed by atoms with E-state index in [1.54, 1.807) is 0 Å². The van der Waals surface area contributed by atoms with Crippen LogP contribution in [-0.2, 0) is 20.8 Å². The topological polar surface area (TPSA) is 95.5 Å². The van der Waals surface area contributed by atoms with E-state index in [1.807, 2.05) is 58.0 Å². The van der Waals surface area contributed by atoms with Crippen LogP contribution in [0.1, 0.15) is 52.5 Å². The van der Waals surface area contributed by atoms with Gasteiger partial charge >= 0.3 is 5.97 Å². The molecule has 0 spiro atoms. The van der Waals surface area contributed by atoms with Gasteiger partial charge in [-0.3, -0.25) is 9.59 Å². The molecule has 150 valence electrons. The molecule has 0 bridgehead atoms. The summed E-state index contributed by atoms with van der Waals surface area (Å²) in [4.78, 5) is 36.3. The zero-order valence-electron chi connectivity index (χ0n) is 16.7. The first-order valence-corrected chi connectivity index (χ1v) is 9.55. The predicted molar refractivity (Wildman–Crippen MR) is 105 cm³/mol. The van der Waals surface area contributed by atoms with E-state index in [1.165, 1.54) is 0 Å². The lowest BCUT2D eigenvalue weighted by molar-refractivity contribution is -0.142. The summed E-state index contributed by atoms with van der Waals surface area (Å²) in [5.74, 6) is -1.34. The van der Waals surface area contributed by atoms with Crippen LogP contribution in [0, 0.1) is 11.8 Å². The van der Waals surface area contributed by atoms with E-state index in [0.717, 1.165) is 5.56 Å². The maximum atomic E-state index is 12.6. The molecule has 3 N–H and O–H groups in total. The zero-order chi connectivity index (χ0) is 20.4. The fourth-order valence-electron chi connectivity index (χ4n) is 2.81. The largest absolute Gasteiger partial charge is 0.480 e. The Morgan fingerprint density at radius 1 is 0.926 bits per heavy atom. The summed E-state index contributed by atoms with van der Waals surface area (Å²) in [7, 11) is 0. The Balaban J connectivity index is 2.72. The third-order valence-corrected chi connectivity index (χ3v) is 4.13. The zero-order valence-corrected chi connectivity index (χ0v) is 16.7. The Morgan fingerprint density at radius 3 is 2.07 bits per heavy atom. The number of rotatable bonds is 11. The summed E-state index contributed by atoms with van der Waals surface area (Å²) in [6.07, 6.45) is 1.63. The molecule has 0 heterocycles. The van der Waals surface area contributed by atoms with Gasteiger partial charge in [-0.25, -0.2) is 4.79 Å². The number of aryl methyl sites for hydroxylation is 1. The molecule has 1 aromatic rings. The first-order chi connectivity index (χ1) is 12.7. The van der Waals surface area contributed by atoms with E-state index in [9.17, 15) is 19.5 Å². The monoisotopic (exact) mass is 376 g/mol. The number of benzene rings is 1. The van der Waals surface area contributed by atoms with Gasteiger partial charge in [0, 0.05) is 6.42 Å². The molecule has 2 amide bonds. The van der Waals surface area contributed by atoms with Crippen LogP contribution in [0.15, 0.2) is 30.3 Å². The van der Waals surface area contributed by atoms with Crippen molar-refractivity contribution < 1.29 is 19.5 Å². The summed E-state index contributed by atoms with van der Waals surface area (Å²) in [6.45, 7) is 7.78. The second-order valence-corrected chi connectivity index (χ2v) is 7.77. The van der Waals surface area contributed by atoms with Crippen LogP contribution in [0.3, 0.4) is 0 Å². The van der Waals surface area contributed by atoms with Gasteiger partial charge in [0.05, 0.1) is 0 Å². The van der Waals surface area contributed by atoms with Crippen molar-refractivity contribution in [3.63, 3.8) is 0 Å². The molecule has 6 heteroatoms. The summed E-state index contributed by atoms with van der Waals surface area (Å²) >= 11 is 0. The number of aliphatic carboxylic acids is 1. The molecule has 27 heavy (non-hydrogen) atoms. The van der Waals surface area contributed by atoms with Crippen molar-refractivity contribution >= 4 is 17.8 Å². The highest BCUT2D eigenvalue weighted by atomic mass is 16.4. The molecule has 0 aliphatic carbocycles. The van der Waals surface area contributed by atoms with Gasteiger partial charge in [0.1, 0.15) is 12.1 Å². The molecule has 0 saturated carbocycles. The van der Waals surface area contributed by atoms with Gasteiger partial charge in [0.15, 0.2) is 0 Å². The third kappa shape index (κ3) is 9.22. The Labute approximate surface area is 161 Å². The highest BCUT2D eigenvalue weighted by Gasteiger charge is 2.27. The van der Waals surface area contributed by atoms with E-state index in [0.29, 0.717) is 25.7 Å². The van der Waals surface area contributed by atoms with Crippen LogP contribution >= 0.6 is 0 Å². The Bertz CT molecular complexity index is 614. The van der Waals surface area contributed by atoms with Crippen molar-refractivity contribution in [2.75, 3.05) is 0 Å². The Hall–Kier alpha value is -2.37. The maximum Gasteiger partial charge on any atom is 0.326 e. The lowest BCUT2D eigenvalue weighted by Gasteiger charge is -2.23. The standard InChI is InChI=1S/C21H32N2O4/c1-14(2)12-18(22-19(24)13-15(3)4)20(25)23-17(21(26)27)11-10-16-8-6-5-7-9-16/h5-9,14-15,17-18H,10-13H2,1-4H3,(H,22,24)(H,23,25)(H,26,27)/t17-,18-/m0/s1. The van der Waals surface area contributed by atoms with E-state index >= 15 is 0 Å². The minimum Gasteiger partial charge on any atom is -0.480 e. The molecular formula is C21H32N2O4. The third-order valence-electron chi connectivity index (χ3n) is 4.13. The maximum absolute atomic E-state index is 12.6. The fourth-order valence-corrected chi connectivity index (χ4v) is 2.81. The fraction of sp³-hybridized carbons (Fsp3) is 0.571. The minimum absolute atomic E-state index is 0.186. The van der Waals surface area contributed by atoms with Gasteiger partial charge < -0.3 is 15.7 Å². The van der Waals surface area contributed by atoms with E-state index in [2.05, 4.69) is 10.6 Å². The van der Waals surface area contributed by atoms with E-state index in [4.69, 9.17) is 0 Å². The SMILES string of the molecule is CC(C)CC(=O)N[C@@H](CC(C)C)C(=O)N[C@@H](CCc1ccccc1)C(=O)O. The molecule has 0 radical (unpaired) electrons. The molecule has 6 nitrogen and oxygen atoms in total. The van der Waals surface area contributed by atoms with Crippen LogP contribution in [0.5, 0.6) is 0 Å². The summed E-state index contributed by atoms with van der Waals surface area (Å²) in [5, 5.41) is 14.8. The molecule has 1 rings (SSSR count).